The molecule has 0 heterocycles. The van der Waals surface area contributed by atoms with Crippen molar-refractivity contribution < 1.29 is 19.4 Å². The number of rotatable bonds is 8. The van der Waals surface area contributed by atoms with Crippen LogP contribution in [0.25, 0.3) is 0 Å². The van der Waals surface area contributed by atoms with Gasteiger partial charge < -0.3 is 19.9 Å². The summed E-state index contributed by atoms with van der Waals surface area (Å²) in [5, 5.41) is 12.8. The van der Waals surface area contributed by atoms with Gasteiger partial charge in [0.25, 0.3) is 0 Å². The summed E-state index contributed by atoms with van der Waals surface area (Å²) in [6.45, 7) is 0.390. The van der Waals surface area contributed by atoms with E-state index >= 15 is 0 Å². The third kappa shape index (κ3) is 5.68. The molecule has 0 unspecified atom stereocenters. The molecule has 0 saturated carbocycles. The van der Waals surface area contributed by atoms with Crippen LogP contribution in [0.4, 0.5) is 0 Å². The van der Waals surface area contributed by atoms with Gasteiger partial charge in [-0.25, -0.2) is 0 Å². The number of aliphatic carboxylic acids is 1. The van der Waals surface area contributed by atoms with Crippen molar-refractivity contribution in [1.82, 2.24) is 5.32 Å². The van der Waals surface area contributed by atoms with Crippen molar-refractivity contribution in [2.45, 2.75) is 13.2 Å². The molecule has 8 heteroatoms. The molecule has 0 spiro atoms. The van der Waals surface area contributed by atoms with E-state index in [4.69, 9.17) is 49.4 Å². The van der Waals surface area contributed by atoms with E-state index in [-0.39, 0.29) is 13.2 Å². The summed E-state index contributed by atoms with van der Waals surface area (Å²) < 4.78 is 11.1. The van der Waals surface area contributed by atoms with Crippen molar-refractivity contribution in [2.24, 2.45) is 0 Å². The molecular formula is C17H16Cl3NO4. The van der Waals surface area contributed by atoms with Gasteiger partial charge in [0.1, 0.15) is 6.61 Å². The summed E-state index contributed by atoms with van der Waals surface area (Å²) in [6.07, 6.45) is 0. The Morgan fingerprint density at radius 2 is 1.92 bits per heavy atom. The highest BCUT2D eigenvalue weighted by Gasteiger charge is 2.13. The second kappa shape index (κ2) is 9.15. The fraction of sp³-hybridized carbons (Fsp3) is 0.235. The third-order valence-corrected chi connectivity index (χ3v) is 4.15. The fourth-order valence-corrected chi connectivity index (χ4v) is 2.87. The highest BCUT2D eigenvalue weighted by molar-refractivity contribution is 6.35. The van der Waals surface area contributed by atoms with Crippen molar-refractivity contribution >= 4 is 40.8 Å². The van der Waals surface area contributed by atoms with Crippen molar-refractivity contribution in [3.8, 4) is 11.5 Å². The molecule has 5 nitrogen and oxygen atoms in total. The van der Waals surface area contributed by atoms with Gasteiger partial charge in [0.15, 0.2) is 11.5 Å². The van der Waals surface area contributed by atoms with Gasteiger partial charge in [0.2, 0.25) is 0 Å². The zero-order valence-corrected chi connectivity index (χ0v) is 15.6. The summed E-state index contributed by atoms with van der Waals surface area (Å²) in [7, 11) is 1.50. The number of ether oxygens (including phenoxy) is 2. The Hall–Kier alpha value is -1.66. The van der Waals surface area contributed by atoms with Gasteiger partial charge in [-0.3, -0.25) is 4.79 Å². The lowest BCUT2D eigenvalue weighted by Gasteiger charge is -2.15. The highest BCUT2D eigenvalue weighted by Crippen LogP contribution is 2.37. The molecule has 0 fully saturated rings. The molecule has 0 saturated heterocycles. The maximum atomic E-state index is 10.5. The number of halogens is 3. The Morgan fingerprint density at radius 1 is 1.16 bits per heavy atom. The first-order chi connectivity index (χ1) is 11.9. The summed E-state index contributed by atoms with van der Waals surface area (Å²) in [5.74, 6) is -0.0975. The van der Waals surface area contributed by atoms with Crippen LogP contribution in [0.2, 0.25) is 15.1 Å². The van der Waals surface area contributed by atoms with Gasteiger partial charge in [-0.05, 0) is 29.8 Å². The fourth-order valence-electron chi connectivity index (χ4n) is 2.12. The summed E-state index contributed by atoms with van der Waals surface area (Å²) in [6, 6.07) is 8.56. The minimum atomic E-state index is -0.933. The van der Waals surface area contributed by atoms with Crippen molar-refractivity contribution in [1.29, 1.82) is 0 Å². The molecule has 0 bridgehead atoms. The quantitative estimate of drug-likeness (QED) is 0.682. The van der Waals surface area contributed by atoms with Gasteiger partial charge in [-0.1, -0.05) is 40.9 Å². The van der Waals surface area contributed by atoms with Crippen molar-refractivity contribution in [2.75, 3.05) is 13.7 Å². The van der Waals surface area contributed by atoms with Crippen LogP contribution in [0.5, 0.6) is 11.5 Å². The number of carboxylic acids is 1. The number of carbonyl (C=O) groups is 1. The molecular weight excluding hydrogens is 389 g/mol. The molecule has 2 aromatic rings. The third-order valence-electron chi connectivity index (χ3n) is 3.28. The molecule has 25 heavy (non-hydrogen) atoms. The first-order valence-corrected chi connectivity index (χ1v) is 8.39. The topological polar surface area (TPSA) is 67.8 Å². The Morgan fingerprint density at radius 3 is 2.56 bits per heavy atom. The summed E-state index contributed by atoms with van der Waals surface area (Å²) >= 11 is 18.3. The van der Waals surface area contributed by atoms with Crippen LogP contribution in [0.3, 0.4) is 0 Å². The standard InChI is InChI=1S/C17H16Cl3NO4/c1-24-15-5-10(7-21-8-16(22)23)4-14(20)17(15)25-9-11-2-3-12(18)6-13(11)19/h2-6,21H,7-9H2,1H3,(H,22,23). The lowest BCUT2D eigenvalue weighted by atomic mass is 10.2. The van der Waals surface area contributed by atoms with E-state index in [1.807, 2.05) is 0 Å². The highest BCUT2D eigenvalue weighted by atomic mass is 35.5. The van der Waals surface area contributed by atoms with Crippen LogP contribution in [0.1, 0.15) is 11.1 Å². The summed E-state index contributed by atoms with van der Waals surface area (Å²) in [4.78, 5) is 10.5. The number of nitrogens with one attached hydrogen (secondary N) is 1. The Balaban J connectivity index is 2.12. The van der Waals surface area contributed by atoms with E-state index in [1.165, 1.54) is 7.11 Å². The molecule has 0 aliphatic rings. The van der Waals surface area contributed by atoms with Crippen molar-refractivity contribution in [3.05, 3.63) is 56.5 Å². The van der Waals surface area contributed by atoms with Crippen LogP contribution in [-0.4, -0.2) is 24.7 Å². The normalized spacial score (nSPS) is 10.6. The number of benzene rings is 2. The molecule has 2 N–H and O–H groups in total. The van der Waals surface area contributed by atoms with Crippen LogP contribution in [-0.2, 0) is 17.9 Å². The first-order valence-electron chi connectivity index (χ1n) is 7.26. The molecule has 134 valence electrons. The largest absolute Gasteiger partial charge is 0.493 e. The smallest absolute Gasteiger partial charge is 0.317 e. The Kier molecular flexibility index (Phi) is 7.20. The van der Waals surface area contributed by atoms with Gasteiger partial charge in [0.05, 0.1) is 18.7 Å². The molecule has 0 amide bonds. The number of carboxylic acid groups (broad SMARTS) is 1. The summed E-state index contributed by atoms with van der Waals surface area (Å²) in [5.41, 5.74) is 1.54. The van der Waals surface area contributed by atoms with Gasteiger partial charge in [0, 0.05) is 22.2 Å². The zero-order valence-electron chi connectivity index (χ0n) is 13.3. The molecule has 0 aliphatic heterocycles. The van der Waals surface area contributed by atoms with E-state index in [9.17, 15) is 4.79 Å². The Labute approximate surface area is 160 Å². The first kappa shape index (κ1) is 19.7. The predicted molar refractivity (Wildman–Crippen MR) is 98.1 cm³/mol. The lowest BCUT2D eigenvalue weighted by molar-refractivity contribution is -0.135. The SMILES string of the molecule is COc1cc(CNCC(=O)O)cc(Cl)c1OCc1ccc(Cl)cc1Cl. The predicted octanol–water partition coefficient (Wildman–Crippen LogP) is 4.41. The van der Waals surface area contributed by atoms with E-state index in [1.54, 1.807) is 30.3 Å². The minimum absolute atomic E-state index is 0.146. The average Bonchev–Trinajstić information content (AvgIpc) is 2.54. The van der Waals surface area contributed by atoms with Gasteiger partial charge in [-0.2, -0.15) is 0 Å². The lowest BCUT2D eigenvalue weighted by Crippen LogP contribution is -2.21. The molecule has 0 aromatic heterocycles. The number of hydrogen-bond acceptors (Lipinski definition) is 4. The second-order valence-electron chi connectivity index (χ2n) is 5.13. The monoisotopic (exact) mass is 403 g/mol. The molecule has 2 rings (SSSR count). The van der Waals surface area contributed by atoms with Gasteiger partial charge in [-0.15, -0.1) is 0 Å². The van der Waals surface area contributed by atoms with E-state index < -0.39 is 5.97 Å². The van der Waals surface area contributed by atoms with Crippen LogP contribution >= 0.6 is 34.8 Å². The molecule has 2 aromatic carbocycles. The van der Waals surface area contributed by atoms with E-state index in [0.717, 1.165) is 11.1 Å². The molecule has 0 aliphatic carbocycles. The second-order valence-corrected chi connectivity index (χ2v) is 6.38. The van der Waals surface area contributed by atoms with E-state index in [2.05, 4.69) is 5.32 Å². The number of methoxy groups -OCH3 is 1. The molecule has 0 atom stereocenters. The van der Waals surface area contributed by atoms with Crippen LogP contribution in [0, 0.1) is 0 Å². The molecule has 0 radical (unpaired) electrons. The average molecular weight is 405 g/mol. The minimum Gasteiger partial charge on any atom is -0.493 e. The maximum absolute atomic E-state index is 10.5. The zero-order chi connectivity index (χ0) is 18.4. The van der Waals surface area contributed by atoms with Crippen LogP contribution < -0.4 is 14.8 Å². The number of hydrogen-bond donors (Lipinski definition) is 2. The Bertz CT molecular complexity index is 768. The maximum Gasteiger partial charge on any atom is 0.317 e. The van der Waals surface area contributed by atoms with E-state index in [0.29, 0.717) is 33.1 Å². The van der Waals surface area contributed by atoms with Crippen LogP contribution in [0.15, 0.2) is 30.3 Å². The van der Waals surface area contributed by atoms with Gasteiger partial charge >= 0.3 is 5.97 Å². The van der Waals surface area contributed by atoms with Crippen molar-refractivity contribution in [3.63, 3.8) is 0 Å².